The second kappa shape index (κ2) is 13.8. The minimum absolute atomic E-state index is 0.00657. The van der Waals surface area contributed by atoms with E-state index in [1.807, 2.05) is 73.7 Å². The van der Waals surface area contributed by atoms with E-state index in [0.29, 0.717) is 18.9 Å². The quantitative estimate of drug-likeness (QED) is 0.167. The fourth-order valence-corrected chi connectivity index (χ4v) is 8.26. The van der Waals surface area contributed by atoms with E-state index in [1.54, 1.807) is 0 Å². The topological polar surface area (TPSA) is 82.6 Å². The Morgan fingerprint density at radius 1 is 0.714 bits per heavy atom. The van der Waals surface area contributed by atoms with Crippen molar-refractivity contribution in [3.05, 3.63) is 83.6 Å². The van der Waals surface area contributed by atoms with Crippen molar-refractivity contribution in [2.45, 2.75) is 70.8 Å². The van der Waals surface area contributed by atoms with Crippen molar-refractivity contribution in [1.29, 1.82) is 0 Å². The minimum Gasteiger partial charge on any atom is -0.326 e. The molecule has 4 aliphatic rings. The fourth-order valence-electron chi connectivity index (χ4n) is 8.26. The van der Waals surface area contributed by atoms with E-state index in [2.05, 4.69) is 20.1 Å². The summed E-state index contributed by atoms with van der Waals surface area (Å²) in [5.74, 6) is 2.00. The highest BCUT2D eigenvalue weighted by molar-refractivity contribution is 6.03. The van der Waals surface area contributed by atoms with Gasteiger partial charge in [0.1, 0.15) is 0 Å². The molecular weight excluding hydrogens is 608 g/mol. The third kappa shape index (κ3) is 7.63. The van der Waals surface area contributed by atoms with Gasteiger partial charge in [0.05, 0.1) is 5.52 Å². The molecule has 2 saturated carbocycles. The summed E-state index contributed by atoms with van der Waals surface area (Å²) in [5, 5.41) is 6.19. The Balaban J connectivity index is 0.889. The number of carbonyl (C=O) groups is 3. The Labute approximate surface area is 289 Å². The predicted molar refractivity (Wildman–Crippen MR) is 195 cm³/mol. The predicted octanol–water partition coefficient (Wildman–Crippen LogP) is 7.70. The van der Waals surface area contributed by atoms with Crippen molar-refractivity contribution < 1.29 is 14.4 Å². The zero-order valence-corrected chi connectivity index (χ0v) is 28.7. The van der Waals surface area contributed by atoms with Crippen LogP contribution in [0.4, 0.5) is 5.69 Å². The lowest BCUT2D eigenvalue weighted by Crippen LogP contribution is -2.47. The van der Waals surface area contributed by atoms with Crippen LogP contribution in [0.5, 0.6) is 0 Å². The first-order valence-corrected chi connectivity index (χ1v) is 18.6. The van der Waals surface area contributed by atoms with E-state index in [1.165, 1.54) is 25.7 Å². The summed E-state index contributed by atoms with van der Waals surface area (Å²) in [4.78, 5) is 50.1. The number of carbonyl (C=O) groups excluding carboxylic acids is 3. The number of ketones is 2. The van der Waals surface area contributed by atoms with Crippen LogP contribution in [-0.4, -0.2) is 71.0 Å². The summed E-state index contributed by atoms with van der Waals surface area (Å²) in [7, 11) is 0. The number of piperidine rings is 2. The number of aryl methyl sites for hydroxylation is 1. The normalized spacial score (nSPS) is 23.5. The Kier molecular flexibility index (Phi) is 9.06. The standard InChI is InChI=1S/C42H48N4O3/c1-27-4-9-32-20-34(14-17-39(32)43-27)42(49)36-13-16-38(46(26-36)24-29-7-8-29)22-40(47)44-37-15-12-30-19-33(11-10-31(30)21-37)41(48)35-3-2-18-45(25-35)23-28-5-6-28/h4,9-12,14-15,17,19-21,28-29,35-36,38H,2-3,5-8,13,16,18,22-26H2,1H3,(H,44,47). The van der Waals surface area contributed by atoms with Crippen LogP contribution in [0.2, 0.25) is 0 Å². The van der Waals surface area contributed by atoms with Gasteiger partial charge in [-0.25, -0.2) is 0 Å². The summed E-state index contributed by atoms with van der Waals surface area (Å²) < 4.78 is 0. The molecule has 1 N–H and O–H groups in total. The van der Waals surface area contributed by atoms with Crippen LogP contribution in [0.25, 0.3) is 21.7 Å². The molecule has 7 heteroatoms. The smallest absolute Gasteiger partial charge is 0.225 e. The monoisotopic (exact) mass is 656 g/mol. The number of Topliss-reactive ketones (excluding diaryl/α,β-unsaturated/α-hetero) is 2. The number of hydrogen-bond donors (Lipinski definition) is 1. The summed E-state index contributed by atoms with van der Waals surface area (Å²) in [6.07, 6.45) is 9.26. The summed E-state index contributed by atoms with van der Waals surface area (Å²) in [6, 6.07) is 22.0. The van der Waals surface area contributed by atoms with Gasteiger partial charge >= 0.3 is 0 Å². The average Bonchev–Trinajstić information content (AvgIpc) is 4.06. The van der Waals surface area contributed by atoms with Gasteiger partial charge in [0, 0.05) is 78.4 Å². The lowest BCUT2D eigenvalue weighted by molar-refractivity contribution is -0.117. The molecule has 254 valence electrons. The number of rotatable bonds is 11. The van der Waals surface area contributed by atoms with Gasteiger partial charge in [-0.05, 0) is 130 Å². The number of pyridine rings is 1. The molecule has 49 heavy (non-hydrogen) atoms. The van der Waals surface area contributed by atoms with Crippen LogP contribution in [0, 0.1) is 30.6 Å². The van der Waals surface area contributed by atoms with Gasteiger partial charge in [-0.2, -0.15) is 0 Å². The molecule has 3 unspecified atom stereocenters. The number of hydrogen-bond acceptors (Lipinski definition) is 6. The number of anilines is 1. The van der Waals surface area contributed by atoms with Gasteiger partial charge in [0.2, 0.25) is 5.91 Å². The molecule has 2 saturated heterocycles. The lowest BCUT2D eigenvalue weighted by atomic mass is 9.85. The van der Waals surface area contributed by atoms with Crippen LogP contribution in [0.3, 0.4) is 0 Å². The second-order valence-electron chi connectivity index (χ2n) is 15.5. The number of nitrogens with one attached hydrogen (secondary N) is 1. The zero-order chi connectivity index (χ0) is 33.5. The molecule has 2 aliphatic carbocycles. The van der Waals surface area contributed by atoms with Crippen molar-refractivity contribution in [2.24, 2.45) is 23.7 Å². The van der Waals surface area contributed by atoms with Crippen LogP contribution >= 0.6 is 0 Å². The average molecular weight is 657 g/mol. The van der Waals surface area contributed by atoms with Crippen LogP contribution in [-0.2, 0) is 4.79 Å². The maximum absolute atomic E-state index is 13.7. The maximum atomic E-state index is 13.7. The SMILES string of the molecule is Cc1ccc2cc(C(=O)C3CCC(CC(=O)Nc4ccc5cc(C(=O)C6CCCN(CC7CC7)C6)ccc5c4)N(CC4CC4)C3)ccc2n1. The third-order valence-corrected chi connectivity index (χ3v) is 11.4. The van der Waals surface area contributed by atoms with E-state index in [-0.39, 0.29) is 35.4 Å². The van der Waals surface area contributed by atoms with E-state index >= 15 is 0 Å². The van der Waals surface area contributed by atoms with Crippen LogP contribution in [0.1, 0.15) is 84.2 Å². The molecule has 3 heterocycles. The van der Waals surface area contributed by atoms with Gasteiger partial charge < -0.3 is 10.2 Å². The van der Waals surface area contributed by atoms with Crippen molar-refractivity contribution >= 4 is 44.8 Å². The molecule has 0 radical (unpaired) electrons. The summed E-state index contributed by atoms with van der Waals surface area (Å²) >= 11 is 0. The highest BCUT2D eigenvalue weighted by Gasteiger charge is 2.36. The number of likely N-dealkylation sites (tertiary alicyclic amines) is 2. The molecule has 3 aromatic carbocycles. The summed E-state index contributed by atoms with van der Waals surface area (Å²) in [5.41, 5.74) is 4.20. The van der Waals surface area contributed by atoms with Gasteiger partial charge in [0.15, 0.2) is 11.6 Å². The van der Waals surface area contributed by atoms with Gasteiger partial charge in [-0.15, -0.1) is 0 Å². The van der Waals surface area contributed by atoms with Crippen LogP contribution < -0.4 is 5.32 Å². The Morgan fingerprint density at radius 2 is 1.39 bits per heavy atom. The van der Waals surface area contributed by atoms with Crippen molar-refractivity contribution in [3.8, 4) is 0 Å². The lowest BCUT2D eigenvalue weighted by Gasteiger charge is -2.39. The molecular formula is C42H48N4O3. The van der Waals surface area contributed by atoms with Gasteiger partial charge in [-0.3, -0.25) is 24.3 Å². The minimum atomic E-state index is -0.0639. The first-order chi connectivity index (χ1) is 23.8. The molecule has 1 aromatic heterocycles. The second-order valence-corrected chi connectivity index (χ2v) is 15.5. The molecule has 4 fully saturated rings. The number of nitrogens with zero attached hydrogens (tertiary/aromatic N) is 3. The molecule has 7 nitrogen and oxygen atoms in total. The van der Waals surface area contributed by atoms with E-state index in [4.69, 9.17) is 0 Å². The molecule has 2 aliphatic heterocycles. The maximum Gasteiger partial charge on any atom is 0.225 e. The Morgan fingerprint density at radius 3 is 2.18 bits per heavy atom. The molecule has 8 rings (SSSR count). The van der Waals surface area contributed by atoms with E-state index in [9.17, 15) is 14.4 Å². The number of aromatic nitrogens is 1. The Bertz CT molecular complexity index is 1900. The zero-order valence-electron chi connectivity index (χ0n) is 28.7. The van der Waals surface area contributed by atoms with E-state index < -0.39 is 0 Å². The first-order valence-electron chi connectivity index (χ1n) is 18.6. The number of amides is 1. The van der Waals surface area contributed by atoms with Crippen molar-refractivity contribution in [1.82, 2.24) is 14.8 Å². The highest BCUT2D eigenvalue weighted by Crippen LogP contribution is 2.35. The molecule has 4 aromatic rings. The molecule has 3 atom stereocenters. The molecule has 0 bridgehead atoms. The van der Waals surface area contributed by atoms with Crippen molar-refractivity contribution in [2.75, 3.05) is 38.0 Å². The Hall–Kier alpha value is -3.94. The largest absolute Gasteiger partial charge is 0.326 e. The highest BCUT2D eigenvalue weighted by atomic mass is 16.2. The van der Waals surface area contributed by atoms with Gasteiger partial charge in [0.25, 0.3) is 0 Å². The van der Waals surface area contributed by atoms with Crippen LogP contribution in [0.15, 0.2) is 66.7 Å². The van der Waals surface area contributed by atoms with Crippen molar-refractivity contribution in [3.63, 3.8) is 0 Å². The molecule has 0 spiro atoms. The third-order valence-electron chi connectivity index (χ3n) is 11.4. The van der Waals surface area contributed by atoms with E-state index in [0.717, 1.165) is 102 Å². The number of fused-ring (bicyclic) bond motifs is 2. The first kappa shape index (κ1) is 32.3. The van der Waals surface area contributed by atoms with Gasteiger partial charge in [-0.1, -0.05) is 24.3 Å². The molecule has 1 amide bonds. The fraction of sp³-hybridized carbons (Fsp3) is 0.476. The summed E-state index contributed by atoms with van der Waals surface area (Å²) in [6.45, 7) is 6.80. The number of benzene rings is 3.